The van der Waals surface area contributed by atoms with Crippen molar-refractivity contribution in [2.24, 2.45) is 11.8 Å². The first-order chi connectivity index (χ1) is 17.3. The van der Waals surface area contributed by atoms with Gasteiger partial charge in [0.15, 0.2) is 11.5 Å². The van der Waals surface area contributed by atoms with Crippen LogP contribution in [0.2, 0.25) is 0 Å². The third-order valence-electron chi connectivity index (χ3n) is 7.19. The van der Waals surface area contributed by atoms with Gasteiger partial charge in [-0.25, -0.2) is 4.90 Å². The van der Waals surface area contributed by atoms with E-state index in [4.69, 9.17) is 18.9 Å². The number of hydrogen-bond donors (Lipinski definition) is 1. The quantitative estimate of drug-likeness (QED) is 0.439. The molecule has 0 bridgehead atoms. The second-order valence-electron chi connectivity index (χ2n) is 8.98. The van der Waals surface area contributed by atoms with Crippen molar-refractivity contribution in [3.8, 4) is 17.2 Å². The van der Waals surface area contributed by atoms with Gasteiger partial charge >= 0.3 is 5.97 Å². The molecule has 2 amide bonds. The van der Waals surface area contributed by atoms with Crippen LogP contribution in [0.5, 0.6) is 17.2 Å². The molecule has 9 heteroatoms. The van der Waals surface area contributed by atoms with E-state index >= 15 is 0 Å². The van der Waals surface area contributed by atoms with Gasteiger partial charge in [0, 0.05) is 6.04 Å². The molecule has 0 aliphatic carbocycles. The summed E-state index contributed by atoms with van der Waals surface area (Å²) in [7, 11) is 4.51. The van der Waals surface area contributed by atoms with Crippen LogP contribution in [0.15, 0.2) is 36.4 Å². The highest BCUT2D eigenvalue weighted by atomic mass is 16.5. The van der Waals surface area contributed by atoms with Crippen LogP contribution in [0.25, 0.3) is 0 Å². The third kappa shape index (κ3) is 3.78. The summed E-state index contributed by atoms with van der Waals surface area (Å²) in [5, 5.41) is 3.34. The van der Waals surface area contributed by atoms with Crippen molar-refractivity contribution in [2.45, 2.75) is 38.8 Å². The van der Waals surface area contributed by atoms with Crippen molar-refractivity contribution >= 4 is 23.5 Å². The summed E-state index contributed by atoms with van der Waals surface area (Å²) in [4.78, 5) is 42.4. The van der Waals surface area contributed by atoms with Gasteiger partial charge in [0.1, 0.15) is 5.54 Å². The summed E-state index contributed by atoms with van der Waals surface area (Å²) < 4.78 is 21.9. The number of fused-ring (bicyclic) bond motifs is 1. The summed E-state index contributed by atoms with van der Waals surface area (Å²) >= 11 is 0. The number of hydrogen-bond acceptors (Lipinski definition) is 8. The molecular weight excluding hydrogens is 464 g/mol. The molecule has 2 fully saturated rings. The maximum absolute atomic E-state index is 13.9. The molecule has 2 aliphatic heterocycles. The molecule has 0 unspecified atom stereocenters. The molecular formula is C27H32N2O7. The average molecular weight is 497 g/mol. The lowest BCUT2D eigenvalue weighted by molar-refractivity contribution is -0.154. The number of amides is 2. The zero-order chi connectivity index (χ0) is 26.2. The van der Waals surface area contributed by atoms with Crippen LogP contribution < -0.4 is 24.4 Å². The van der Waals surface area contributed by atoms with Gasteiger partial charge in [0.25, 0.3) is 0 Å². The van der Waals surface area contributed by atoms with Gasteiger partial charge in [-0.05, 0) is 50.1 Å². The molecule has 9 nitrogen and oxygen atoms in total. The van der Waals surface area contributed by atoms with E-state index < -0.39 is 35.3 Å². The number of esters is 1. The van der Waals surface area contributed by atoms with Crippen LogP contribution in [0.1, 0.15) is 37.4 Å². The minimum absolute atomic E-state index is 0.151. The van der Waals surface area contributed by atoms with Crippen molar-refractivity contribution in [3.05, 3.63) is 47.5 Å². The maximum atomic E-state index is 13.9. The third-order valence-corrected chi connectivity index (χ3v) is 7.19. The maximum Gasteiger partial charge on any atom is 0.327 e. The second-order valence-corrected chi connectivity index (χ2v) is 8.98. The van der Waals surface area contributed by atoms with E-state index in [0.717, 1.165) is 5.56 Å². The summed E-state index contributed by atoms with van der Waals surface area (Å²) in [5.74, 6) is -1.92. The molecule has 36 heavy (non-hydrogen) atoms. The normalized spacial score (nSPS) is 25.1. The number of nitrogens with one attached hydrogen (secondary N) is 1. The summed E-state index contributed by atoms with van der Waals surface area (Å²) in [5.41, 5.74) is 0.732. The summed E-state index contributed by atoms with van der Waals surface area (Å²) in [6.07, 6.45) is 0.259. The standard InChI is InChI=1S/C27H32N2O7/c1-7-27(26(32)36-8-2)21-20(24(30)29(25(21)31)17-11-9-15(3)10-12-17)22(28-27)16-13-18(33-4)23(35-6)19(14-16)34-5/h9-14,20-22,28H,7-8H2,1-6H3/t20-,21-,22-,27+/m0/s1. The fraction of sp³-hybridized carbons (Fsp3) is 0.444. The first-order valence-electron chi connectivity index (χ1n) is 12.0. The van der Waals surface area contributed by atoms with Crippen molar-refractivity contribution in [1.29, 1.82) is 0 Å². The van der Waals surface area contributed by atoms with Crippen molar-refractivity contribution < 1.29 is 33.3 Å². The lowest BCUT2D eigenvalue weighted by Crippen LogP contribution is -2.56. The molecule has 192 valence electrons. The first-order valence-corrected chi connectivity index (χ1v) is 12.0. The van der Waals surface area contributed by atoms with Crippen LogP contribution in [0.4, 0.5) is 5.69 Å². The first kappa shape index (κ1) is 25.5. The summed E-state index contributed by atoms with van der Waals surface area (Å²) in [6.45, 7) is 5.60. The molecule has 2 aromatic rings. The number of rotatable bonds is 8. The van der Waals surface area contributed by atoms with E-state index in [-0.39, 0.29) is 18.9 Å². The van der Waals surface area contributed by atoms with Crippen molar-refractivity contribution in [3.63, 3.8) is 0 Å². The molecule has 2 aliphatic rings. The number of ether oxygens (including phenoxy) is 4. The van der Waals surface area contributed by atoms with Crippen molar-refractivity contribution in [1.82, 2.24) is 5.32 Å². The SMILES string of the molecule is CCOC(=O)[C@]1(CC)N[C@@H](c2cc(OC)c(OC)c(OC)c2)[C@H]2C(=O)N(c3ccc(C)cc3)C(=O)[C@H]21. The Labute approximate surface area is 210 Å². The minimum atomic E-state index is -1.38. The number of benzene rings is 2. The molecule has 0 radical (unpaired) electrons. The number of carbonyl (C=O) groups excluding carboxylic acids is 3. The predicted octanol–water partition coefficient (Wildman–Crippen LogP) is 3.18. The van der Waals surface area contributed by atoms with Gasteiger partial charge in [-0.3, -0.25) is 19.7 Å². The monoisotopic (exact) mass is 496 g/mol. The van der Waals surface area contributed by atoms with Gasteiger partial charge in [-0.2, -0.15) is 0 Å². The molecule has 0 saturated carbocycles. The number of imide groups is 1. The molecule has 0 aromatic heterocycles. The highest BCUT2D eigenvalue weighted by molar-refractivity contribution is 6.24. The Morgan fingerprint density at radius 3 is 2.08 bits per heavy atom. The van der Waals surface area contributed by atoms with E-state index in [9.17, 15) is 14.4 Å². The molecule has 2 saturated heterocycles. The van der Waals surface area contributed by atoms with Crippen molar-refractivity contribution in [2.75, 3.05) is 32.8 Å². The molecule has 4 atom stereocenters. The second kappa shape index (κ2) is 9.81. The van der Waals surface area contributed by atoms with Gasteiger partial charge in [0.05, 0.1) is 45.5 Å². The van der Waals surface area contributed by atoms with Crippen LogP contribution in [-0.4, -0.2) is 51.3 Å². The van der Waals surface area contributed by atoms with Crippen LogP contribution >= 0.6 is 0 Å². The van der Waals surface area contributed by atoms with E-state index in [1.807, 2.05) is 26.0 Å². The predicted molar refractivity (Wildman–Crippen MR) is 132 cm³/mol. The lowest BCUT2D eigenvalue weighted by Gasteiger charge is -2.32. The molecule has 1 N–H and O–H groups in total. The van der Waals surface area contributed by atoms with Gasteiger partial charge in [-0.15, -0.1) is 0 Å². The molecule has 4 rings (SSSR count). The smallest absolute Gasteiger partial charge is 0.327 e. The van der Waals surface area contributed by atoms with E-state index in [1.54, 1.807) is 31.2 Å². The largest absolute Gasteiger partial charge is 0.493 e. The minimum Gasteiger partial charge on any atom is -0.493 e. The topological polar surface area (TPSA) is 103 Å². The number of nitrogens with zero attached hydrogens (tertiary/aromatic N) is 1. The highest BCUT2D eigenvalue weighted by Gasteiger charge is 2.68. The highest BCUT2D eigenvalue weighted by Crippen LogP contribution is 2.53. The van der Waals surface area contributed by atoms with E-state index in [2.05, 4.69) is 5.32 Å². The lowest BCUT2D eigenvalue weighted by atomic mass is 9.78. The Morgan fingerprint density at radius 2 is 1.58 bits per heavy atom. The number of aryl methyl sites for hydroxylation is 1. The fourth-order valence-corrected chi connectivity index (χ4v) is 5.43. The Bertz CT molecular complexity index is 1150. The van der Waals surface area contributed by atoms with Crippen LogP contribution in [0, 0.1) is 18.8 Å². The van der Waals surface area contributed by atoms with Crippen LogP contribution in [-0.2, 0) is 19.1 Å². The number of carbonyl (C=O) groups is 3. The number of methoxy groups -OCH3 is 3. The Balaban J connectivity index is 1.89. The van der Waals surface area contributed by atoms with E-state index in [0.29, 0.717) is 28.5 Å². The van der Waals surface area contributed by atoms with E-state index in [1.165, 1.54) is 26.2 Å². The fourth-order valence-electron chi connectivity index (χ4n) is 5.43. The van der Waals surface area contributed by atoms with Gasteiger partial charge in [0.2, 0.25) is 17.6 Å². The van der Waals surface area contributed by atoms with Gasteiger partial charge < -0.3 is 18.9 Å². The Kier molecular flexibility index (Phi) is 6.95. The zero-order valence-corrected chi connectivity index (χ0v) is 21.4. The van der Waals surface area contributed by atoms with Crippen LogP contribution in [0.3, 0.4) is 0 Å². The van der Waals surface area contributed by atoms with Gasteiger partial charge in [-0.1, -0.05) is 24.6 Å². The Hall–Kier alpha value is -3.59. The zero-order valence-electron chi connectivity index (χ0n) is 21.4. The molecule has 2 aromatic carbocycles. The number of anilines is 1. The molecule has 2 heterocycles. The average Bonchev–Trinajstić information content (AvgIpc) is 3.37. The molecule has 0 spiro atoms. The summed E-state index contributed by atoms with van der Waals surface area (Å²) in [6, 6.07) is 9.96. The Morgan fingerprint density at radius 1 is 0.972 bits per heavy atom.